The zero-order valence-electron chi connectivity index (χ0n) is 20.9. The second kappa shape index (κ2) is 10.8. The summed E-state index contributed by atoms with van der Waals surface area (Å²) >= 11 is 0. The Kier molecular flexibility index (Phi) is 7.21. The molecule has 2 aliphatic heterocycles. The van der Waals surface area contributed by atoms with Crippen molar-refractivity contribution in [2.75, 3.05) is 38.8 Å². The van der Waals surface area contributed by atoms with Crippen LogP contribution in [0.4, 0.5) is 5.95 Å². The Morgan fingerprint density at radius 1 is 0.889 bits per heavy atom. The van der Waals surface area contributed by atoms with Gasteiger partial charge >= 0.3 is 0 Å². The number of amides is 1. The number of anilines is 1. The van der Waals surface area contributed by atoms with Crippen molar-refractivity contribution >= 4 is 11.9 Å². The summed E-state index contributed by atoms with van der Waals surface area (Å²) in [5.41, 5.74) is 2.74. The average molecular weight is 489 g/mol. The van der Waals surface area contributed by atoms with Crippen LogP contribution in [-0.4, -0.2) is 54.6 Å². The number of nitrogens with zero attached hydrogens (tertiary/aromatic N) is 4. The van der Waals surface area contributed by atoms with Crippen LogP contribution in [-0.2, 0) is 24.2 Å². The summed E-state index contributed by atoms with van der Waals surface area (Å²) in [5, 5.41) is 0. The monoisotopic (exact) mass is 488 g/mol. The lowest BCUT2D eigenvalue weighted by atomic mass is 10.0. The van der Waals surface area contributed by atoms with Gasteiger partial charge in [0.25, 0.3) is 0 Å². The minimum Gasteiger partial charge on any atom is -0.497 e. The SMILES string of the molecule is COc1cccc(CC(=O)N2CCc3nc(N4CCCCC4)nc(Oc4cccc(OC)c4)c3C2)c1. The number of hydrogen-bond acceptors (Lipinski definition) is 7. The Bertz CT molecular complexity index is 1230. The number of rotatable bonds is 7. The maximum absolute atomic E-state index is 13.2. The van der Waals surface area contributed by atoms with Gasteiger partial charge in [0.2, 0.25) is 17.7 Å². The molecule has 0 aliphatic carbocycles. The highest BCUT2D eigenvalue weighted by atomic mass is 16.5. The van der Waals surface area contributed by atoms with E-state index in [1.54, 1.807) is 14.2 Å². The summed E-state index contributed by atoms with van der Waals surface area (Å²) in [6, 6.07) is 15.1. The third kappa shape index (κ3) is 5.37. The quantitative estimate of drug-likeness (QED) is 0.488. The molecular formula is C28H32N4O4. The zero-order valence-corrected chi connectivity index (χ0v) is 20.9. The van der Waals surface area contributed by atoms with E-state index in [0.29, 0.717) is 49.3 Å². The lowest BCUT2D eigenvalue weighted by Crippen LogP contribution is -2.38. The number of hydrogen-bond donors (Lipinski definition) is 0. The van der Waals surface area contributed by atoms with Gasteiger partial charge in [-0.2, -0.15) is 4.98 Å². The van der Waals surface area contributed by atoms with Crippen LogP contribution in [0.5, 0.6) is 23.1 Å². The largest absolute Gasteiger partial charge is 0.497 e. The summed E-state index contributed by atoms with van der Waals surface area (Å²) < 4.78 is 17.0. The van der Waals surface area contributed by atoms with Crippen molar-refractivity contribution in [2.24, 2.45) is 0 Å². The van der Waals surface area contributed by atoms with Crippen molar-refractivity contribution < 1.29 is 19.0 Å². The van der Waals surface area contributed by atoms with Gasteiger partial charge in [0.05, 0.1) is 38.4 Å². The van der Waals surface area contributed by atoms with Crippen molar-refractivity contribution in [2.45, 2.75) is 38.6 Å². The van der Waals surface area contributed by atoms with Crippen molar-refractivity contribution in [3.63, 3.8) is 0 Å². The van der Waals surface area contributed by atoms with Crippen LogP contribution in [0.2, 0.25) is 0 Å². The molecule has 188 valence electrons. The molecule has 8 heteroatoms. The van der Waals surface area contributed by atoms with Crippen LogP contribution in [0.3, 0.4) is 0 Å². The van der Waals surface area contributed by atoms with Crippen LogP contribution in [0.25, 0.3) is 0 Å². The number of aromatic nitrogens is 2. The van der Waals surface area contributed by atoms with Crippen LogP contribution in [0, 0.1) is 0 Å². The molecule has 2 aliphatic rings. The molecular weight excluding hydrogens is 456 g/mol. The Balaban J connectivity index is 1.42. The summed E-state index contributed by atoms with van der Waals surface area (Å²) in [6.45, 7) is 2.92. The fourth-order valence-corrected chi connectivity index (χ4v) is 4.75. The molecule has 2 aromatic carbocycles. The lowest BCUT2D eigenvalue weighted by molar-refractivity contribution is -0.131. The molecule has 0 spiro atoms. The van der Waals surface area contributed by atoms with Gasteiger partial charge in [-0.25, -0.2) is 4.98 Å². The van der Waals surface area contributed by atoms with E-state index in [4.69, 9.17) is 24.2 Å². The first-order chi connectivity index (χ1) is 17.6. The predicted octanol–water partition coefficient (Wildman–Crippen LogP) is 4.40. The van der Waals surface area contributed by atoms with Crippen molar-refractivity contribution in [1.29, 1.82) is 0 Å². The molecule has 1 amide bonds. The minimum absolute atomic E-state index is 0.0568. The van der Waals surface area contributed by atoms with E-state index in [-0.39, 0.29) is 5.91 Å². The van der Waals surface area contributed by atoms with Gasteiger partial charge in [-0.1, -0.05) is 18.2 Å². The number of ether oxygens (including phenoxy) is 3. The standard InChI is InChI=1S/C28H32N4O4/c1-34-21-9-6-8-20(16-21)17-26(33)32-15-12-25-24(19-32)27(36-23-11-7-10-22(18-23)35-2)30-28(29-25)31-13-4-3-5-14-31/h6-11,16,18H,3-5,12-15,17,19H2,1-2H3. The molecule has 0 bridgehead atoms. The Hall–Kier alpha value is -3.81. The first-order valence-electron chi connectivity index (χ1n) is 12.5. The fourth-order valence-electron chi connectivity index (χ4n) is 4.75. The molecule has 1 saturated heterocycles. The lowest BCUT2D eigenvalue weighted by Gasteiger charge is -2.32. The van der Waals surface area contributed by atoms with Gasteiger partial charge in [0.1, 0.15) is 17.2 Å². The third-order valence-corrected chi connectivity index (χ3v) is 6.75. The fraction of sp³-hybridized carbons (Fsp3) is 0.393. The smallest absolute Gasteiger partial charge is 0.229 e. The topological polar surface area (TPSA) is 77.0 Å². The number of carbonyl (C=O) groups is 1. The van der Waals surface area contributed by atoms with Crippen LogP contribution < -0.4 is 19.1 Å². The zero-order chi connectivity index (χ0) is 24.9. The highest BCUT2D eigenvalue weighted by Gasteiger charge is 2.28. The van der Waals surface area contributed by atoms with Crippen molar-refractivity contribution in [1.82, 2.24) is 14.9 Å². The van der Waals surface area contributed by atoms with E-state index in [0.717, 1.165) is 48.5 Å². The molecule has 0 atom stereocenters. The molecule has 8 nitrogen and oxygen atoms in total. The second-order valence-corrected chi connectivity index (χ2v) is 9.18. The molecule has 0 unspecified atom stereocenters. The highest BCUT2D eigenvalue weighted by Crippen LogP contribution is 2.33. The number of fused-ring (bicyclic) bond motifs is 1. The molecule has 3 aromatic rings. The number of carbonyl (C=O) groups excluding carboxylic acids is 1. The van der Waals surface area contributed by atoms with Gasteiger partial charge in [-0.15, -0.1) is 0 Å². The maximum atomic E-state index is 13.2. The van der Waals surface area contributed by atoms with E-state index in [1.165, 1.54) is 6.42 Å². The predicted molar refractivity (Wildman–Crippen MR) is 137 cm³/mol. The number of piperidine rings is 1. The molecule has 5 rings (SSSR count). The second-order valence-electron chi connectivity index (χ2n) is 9.18. The number of methoxy groups -OCH3 is 2. The van der Waals surface area contributed by atoms with E-state index in [9.17, 15) is 4.79 Å². The summed E-state index contributed by atoms with van der Waals surface area (Å²) in [5.74, 6) is 3.37. The highest BCUT2D eigenvalue weighted by molar-refractivity contribution is 5.79. The first kappa shape index (κ1) is 23.9. The van der Waals surface area contributed by atoms with Crippen molar-refractivity contribution in [3.8, 4) is 23.1 Å². The maximum Gasteiger partial charge on any atom is 0.229 e. The Morgan fingerprint density at radius 2 is 1.61 bits per heavy atom. The Labute approximate surface area is 211 Å². The molecule has 36 heavy (non-hydrogen) atoms. The minimum atomic E-state index is 0.0568. The molecule has 1 aromatic heterocycles. The molecule has 0 saturated carbocycles. The van der Waals surface area contributed by atoms with Gasteiger partial charge < -0.3 is 24.0 Å². The molecule has 1 fully saturated rings. The van der Waals surface area contributed by atoms with E-state index >= 15 is 0 Å². The van der Waals surface area contributed by atoms with Gasteiger partial charge in [0, 0.05) is 32.1 Å². The van der Waals surface area contributed by atoms with Crippen molar-refractivity contribution in [3.05, 3.63) is 65.4 Å². The first-order valence-corrected chi connectivity index (χ1v) is 12.5. The molecule has 0 radical (unpaired) electrons. The third-order valence-electron chi connectivity index (χ3n) is 6.75. The number of benzene rings is 2. The average Bonchev–Trinajstić information content (AvgIpc) is 2.93. The Morgan fingerprint density at radius 3 is 2.39 bits per heavy atom. The van der Waals surface area contributed by atoms with Crippen LogP contribution in [0.15, 0.2) is 48.5 Å². The van der Waals surface area contributed by atoms with Gasteiger partial charge in [0.15, 0.2) is 0 Å². The van der Waals surface area contributed by atoms with E-state index < -0.39 is 0 Å². The summed E-state index contributed by atoms with van der Waals surface area (Å²) in [6.07, 6.45) is 4.49. The normalized spacial score (nSPS) is 15.3. The van der Waals surface area contributed by atoms with Crippen LogP contribution in [0.1, 0.15) is 36.1 Å². The van der Waals surface area contributed by atoms with Crippen LogP contribution >= 0.6 is 0 Å². The summed E-state index contributed by atoms with van der Waals surface area (Å²) in [7, 11) is 3.26. The molecule has 3 heterocycles. The van der Waals surface area contributed by atoms with Gasteiger partial charge in [-0.3, -0.25) is 4.79 Å². The van der Waals surface area contributed by atoms with E-state index in [2.05, 4.69) is 4.90 Å². The molecule has 0 N–H and O–H groups in total. The van der Waals surface area contributed by atoms with Gasteiger partial charge in [-0.05, 0) is 49.1 Å². The summed E-state index contributed by atoms with van der Waals surface area (Å²) in [4.78, 5) is 27.1. The van der Waals surface area contributed by atoms with E-state index in [1.807, 2.05) is 53.4 Å².